The molecule has 3 heteroatoms. The Hall–Kier alpha value is 0.510. The molecular weight excluding hydrogens is 174 g/mol. The van der Waals surface area contributed by atoms with Gasteiger partial charge in [0.25, 0.3) is 0 Å². The Labute approximate surface area is 71.7 Å². The van der Waals surface area contributed by atoms with Gasteiger partial charge in [-0.05, 0) is 6.42 Å². The number of alkyl halides is 3. The van der Waals surface area contributed by atoms with Crippen LogP contribution in [0.2, 0.25) is 0 Å². The van der Waals surface area contributed by atoms with Gasteiger partial charge in [0.1, 0.15) is 11.0 Å². The molecule has 10 heavy (non-hydrogen) atoms. The summed E-state index contributed by atoms with van der Waals surface area (Å²) in [6, 6.07) is 0. The van der Waals surface area contributed by atoms with E-state index in [1.165, 1.54) is 6.42 Å². The first kappa shape index (κ1) is 10.5. The fraction of sp³-hybridized carbons (Fsp3) is 0.857. The van der Waals surface area contributed by atoms with E-state index in [4.69, 9.17) is 23.2 Å². The zero-order chi connectivity index (χ0) is 7.98. The van der Waals surface area contributed by atoms with Crippen LogP contribution < -0.4 is 0 Å². The van der Waals surface area contributed by atoms with E-state index in [0.717, 1.165) is 12.8 Å². The Bertz CT molecular complexity index is 76.0. The summed E-state index contributed by atoms with van der Waals surface area (Å²) in [7, 11) is 0. The molecule has 0 aliphatic carbocycles. The van der Waals surface area contributed by atoms with Gasteiger partial charge in [-0.1, -0.05) is 19.8 Å². The third-order valence-corrected chi connectivity index (χ3v) is 1.48. The minimum absolute atomic E-state index is 0.534. The van der Waals surface area contributed by atoms with Crippen LogP contribution in [0.25, 0.3) is 0 Å². The van der Waals surface area contributed by atoms with Gasteiger partial charge in [-0.2, -0.15) is 0 Å². The molecule has 1 radical (unpaired) electrons. The lowest BCUT2D eigenvalue weighted by Gasteiger charge is -2.05. The molecule has 0 heterocycles. The standard InChI is InChI=1S/C7H12Cl2F/c1-2-3-4-6(10)5-7(8)9/h5-7H,2-4H2,1H3. The topological polar surface area (TPSA) is 0 Å². The van der Waals surface area contributed by atoms with E-state index in [9.17, 15) is 4.39 Å². The van der Waals surface area contributed by atoms with Crippen LogP contribution in [0, 0.1) is 6.42 Å². The van der Waals surface area contributed by atoms with Crippen LogP contribution in [0.15, 0.2) is 0 Å². The Balaban J connectivity index is 3.16. The molecule has 0 aliphatic rings. The fourth-order valence-electron chi connectivity index (χ4n) is 0.653. The van der Waals surface area contributed by atoms with Crippen molar-refractivity contribution < 1.29 is 4.39 Å². The third kappa shape index (κ3) is 6.63. The third-order valence-electron chi connectivity index (χ3n) is 1.19. The monoisotopic (exact) mass is 185 g/mol. The van der Waals surface area contributed by atoms with Crippen molar-refractivity contribution in [2.45, 2.75) is 37.2 Å². The molecule has 0 saturated carbocycles. The lowest BCUT2D eigenvalue weighted by atomic mass is 10.1. The van der Waals surface area contributed by atoms with Crippen LogP contribution in [-0.4, -0.2) is 11.0 Å². The second-order valence-electron chi connectivity index (χ2n) is 2.19. The van der Waals surface area contributed by atoms with E-state index in [1.807, 2.05) is 6.92 Å². The van der Waals surface area contributed by atoms with Gasteiger partial charge in [-0.15, -0.1) is 23.2 Å². The summed E-state index contributed by atoms with van der Waals surface area (Å²) in [6.45, 7) is 2.02. The maximum Gasteiger partial charge on any atom is 0.113 e. The van der Waals surface area contributed by atoms with Gasteiger partial charge >= 0.3 is 0 Å². The molecular formula is C7H12Cl2F. The molecule has 0 aromatic rings. The predicted octanol–water partition coefficient (Wildman–Crippen LogP) is 3.52. The lowest BCUT2D eigenvalue weighted by Crippen LogP contribution is -2.05. The minimum atomic E-state index is -0.944. The first-order valence-electron chi connectivity index (χ1n) is 3.44. The van der Waals surface area contributed by atoms with Gasteiger partial charge in [0, 0.05) is 6.42 Å². The van der Waals surface area contributed by atoms with Crippen molar-refractivity contribution >= 4 is 23.2 Å². The molecule has 1 atom stereocenters. The summed E-state index contributed by atoms with van der Waals surface area (Å²) < 4.78 is 12.6. The Kier molecular flexibility index (Phi) is 6.55. The highest BCUT2D eigenvalue weighted by Gasteiger charge is 2.10. The molecule has 0 bridgehead atoms. The van der Waals surface area contributed by atoms with Crippen LogP contribution in [-0.2, 0) is 0 Å². The summed E-state index contributed by atoms with van der Waals surface area (Å²) in [5.74, 6) is 0. The molecule has 0 N–H and O–H groups in total. The highest BCUT2D eigenvalue weighted by Crippen LogP contribution is 2.15. The predicted molar refractivity (Wildman–Crippen MR) is 44.2 cm³/mol. The van der Waals surface area contributed by atoms with Crippen LogP contribution in [0.4, 0.5) is 4.39 Å². The van der Waals surface area contributed by atoms with E-state index >= 15 is 0 Å². The maximum absolute atomic E-state index is 12.6. The summed E-state index contributed by atoms with van der Waals surface area (Å²) in [5, 5.41) is 0. The highest BCUT2D eigenvalue weighted by molar-refractivity contribution is 6.45. The van der Waals surface area contributed by atoms with E-state index in [0.29, 0.717) is 6.42 Å². The van der Waals surface area contributed by atoms with Gasteiger partial charge in [-0.3, -0.25) is 0 Å². The molecule has 0 amide bonds. The zero-order valence-electron chi connectivity index (χ0n) is 5.99. The lowest BCUT2D eigenvalue weighted by molar-refractivity contribution is 0.346. The molecule has 0 saturated heterocycles. The van der Waals surface area contributed by atoms with Crippen molar-refractivity contribution in [1.82, 2.24) is 0 Å². The van der Waals surface area contributed by atoms with Crippen molar-refractivity contribution in [3.8, 4) is 0 Å². The SMILES string of the molecule is CCCCC(F)[CH]C(Cl)Cl. The van der Waals surface area contributed by atoms with Crippen LogP contribution >= 0.6 is 23.2 Å². The number of hydrogen-bond donors (Lipinski definition) is 0. The Morgan fingerprint density at radius 1 is 1.50 bits per heavy atom. The zero-order valence-corrected chi connectivity index (χ0v) is 7.50. The van der Waals surface area contributed by atoms with Crippen LogP contribution in [0.5, 0.6) is 0 Å². The maximum atomic E-state index is 12.6. The van der Waals surface area contributed by atoms with Crippen molar-refractivity contribution in [1.29, 1.82) is 0 Å². The van der Waals surface area contributed by atoms with Gasteiger partial charge in [-0.25, -0.2) is 4.39 Å². The van der Waals surface area contributed by atoms with Gasteiger partial charge in [0.2, 0.25) is 0 Å². The molecule has 0 aromatic carbocycles. The fourth-order valence-corrected chi connectivity index (χ4v) is 0.969. The quantitative estimate of drug-likeness (QED) is 0.576. The second-order valence-corrected chi connectivity index (χ2v) is 3.35. The van der Waals surface area contributed by atoms with Crippen molar-refractivity contribution in [2.24, 2.45) is 0 Å². The second kappa shape index (κ2) is 6.23. The van der Waals surface area contributed by atoms with Gasteiger partial charge in [0.05, 0.1) is 0 Å². The molecule has 0 nitrogen and oxygen atoms in total. The Morgan fingerprint density at radius 3 is 2.50 bits per heavy atom. The average molecular weight is 186 g/mol. The van der Waals surface area contributed by atoms with Gasteiger partial charge in [0.15, 0.2) is 0 Å². The van der Waals surface area contributed by atoms with Gasteiger partial charge < -0.3 is 0 Å². The van der Waals surface area contributed by atoms with Crippen LogP contribution in [0.3, 0.4) is 0 Å². The minimum Gasteiger partial charge on any atom is -0.247 e. The van der Waals surface area contributed by atoms with Crippen molar-refractivity contribution in [3.63, 3.8) is 0 Å². The Morgan fingerprint density at radius 2 is 2.10 bits per heavy atom. The summed E-state index contributed by atoms with van der Waals surface area (Å²) >= 11 is 10.6. The van der Waals surface area contributed by atoms with E-state index in [1.54, 1.807) is 0 Å². The number of halogens is 3. The van der Waals surface area contributed by atoms with Crippen molar-refractivity contribution in [2.75, 3.05) is 0 Å². The number of unbranched alkanes of at least 4 members (excludes halogenated alkanes) is 1. The summed E-state index contributed by atoms with van der Waals surface area (Å²) in [5.41, 5.74) is 0. The normalized spacial score (nSPS) is 14.1. The molecule has 1 unspecified atom stereocenters. The molecule has 0 aromatic heterocycles. The number of hydrogen-bond acceptors (Lipinski definition) is 0. The molecule has 61 valence electrons. The largest absolute Gasteiger partial charge is 0.247 e. The summed E-state index contributed by atoms with van der Waals surface area (Å²) in [4.78, 5) is -0.674. The van der Waals surface area contributed by atoms with E-state index in [2.05, 4.69) is 0 Å². The van der Waals surface area contributed by atoms with E-state index < -0.39 is 11.0 Å². The summed E-state index contributed by atoms with van der Waals surface area (Å²) in [6.07, 6.45) is 2.78. The smallest absolute Gasteiger partial charge is 0.113 e. The highest BCUT2D eigenvalue weighted by atomic mass is 35.5. The first-order chi connectivity index (χ1) is 4.66. The molecule has 0 fully saturated rings. The number of rotatable bonds is 5. The van der Waals surface area contributed by atoms with Crippen LogP contribution in [0.1, 0.15) is 26.2 Å². The van der Waals surface area contributed by atoms with Crippen molar-refractivity contribution in [3.05, 3.63) is 6.42 Å². The first-order valence-corrected chi connectivity index (χ1v) is 4.31. The molecule has 0 rings (SSSR count). The molecule has 0 aliphatic heterocycles. The molecule has 0 spiro atoms. The van der Waals surface area contributed by atoms with E-state index in [-0.39, 0.29) is 0 Å². The average Bonchev–Trinajstić information content (AvgIpc) is 1.82.